The highest BCUT2D eigenvalue weighted by Gasteiger charge is 2.31. The van der Waals surface area contributed by atoms with Gasteiger partial charge in [0.25, 0.3) is 5.69 Å². The van der Waals surface area contributed by atoms with E-state index >= 15 is 0 Å². The minimum atomic E-state index is -0.324. The van der Waals surface area contributed by atoms with E-state index in [1.807, 2.05) is 0 Å². The predicted molar refractivity (Wildman–Crippen MR) is 97.4 cm³/mol. The third-order valence-electron chi connectivity index (χ3n) is 5.09. The zero-order valence-electron chi connectivity index (χ0n) is 13.7. The maximum absolute atomic E-state index is 11.2. The fourth-order valence-electron chi connectivity index (χ4n) is 3.87. The van der Waals surface area contributed by atoms with Gasteiger partial charge in [-0.05, 0) is 30.9 Å². The number of hydrogen-bond donors (Lipinski definition) is 1. The van der Waals surface area contributed by atoms with Crippen molar-refractivity contribution in [1.29, 1.82) is 0 Å². The minimum Gasteiger partial charge on any atom is -0.379 e. The maximum atomic E-state index is 11.2. The van der Waals surface area contributed by atoms with Crippen LogP contribution in [0.2, 0.25) is 0 Å². The van der Waals surface area contributed by atoms with Crippen LogP contribution in [0.25, 0.3) is 0 Å². The van der Waals surface area contributed by atoms with Crippen molar-refractivity contribution < 1.29 is 9.66 Å². The SMILES string of the molecule is O=[N+]([O-])c1ccc(Br)cc1NCC1CCCCC1N1CCOCC1. The lowest BCUT2D eigenvalue weighted by Crippen LogP contribution is -2.49. The summed E-state index contributed by atoms with van der Waals surface area (Å²) in [6.07, 6.45) is 4.91. The van der Waals surface area contributed by atoms with Gasteiger partial charge in [0.15, 0.2) is 0 Å². The standard InChI is InChI=1S/C17H24BrN3O3/c18-14-5-6-17(21(22)23)15(11-14)19-12-13-3-1-2-4-16(13)20-7-9-24-10-8-20/h5-6,11,13,16,19H,1-4,7-10,12H2. The van der Waals surface area contributed by atoms with Crippen LogP contribution < -0.4 is 5.32 Å². The summed E-state index contributed by atoms with van der Waals surface area (Å²) < 4.78 is 6.32. The molecule has 1 aliphatic carbocycles. The smallest absolute Gasteiger partial charge is 0.292 e. The molecule has 1 aromatic rings. The van der Waals surface area contributed by atoms with Crippen LogP contribution in [0, 0.1) is 16.0 Å². The van der Waals surface area contributed by atoms with E-state index in [1.54, 1.807) is 18.2 Å². The van der Waals surface area contributed by atoms with E-state index in [0.29, 0.717) is 17.6 Å². The maximum Gasteiger partial charge on any atom is 0.292 e. The number of hydrogen-bond acceptors (Lipinski definition) is 5. The fourth-order valence-corrected chi connectivity index (χ4v) is 4.23. The molecular formula is C17H24BrN3O3. The van der Waals surface area contributed by atoms with E-state index in [9.17, 15) is 10.1 Å². The minimum absolute atomic E-state index is 0.136. The first-order chi connectivity index (χ1) is 11.6. The summed E-state index contributed by atoms with van der Waals surface area (Å²) in [6.45, 7) is 4.40. The van der Waals surface area contributed by atoms with Gasteiger partial charge in [0.2, 0.25) is 0 Å². The van der Waals surface area contributed by atoms with Crippen molar-refractivity contribution >= 4 is 27.3 Å². The van der Waals surface area contributed by atoms with E-state index in [-0.39, 0.29) is 10.6 Å². The zero-order valence-corrected chi connectivity index (χ0v) is 15.3. The van der Waals surface area contributed by atoms with Crippen molar-refractivity contribution in [2.45, 2.75) is 31.7 Å². The topological polar surface area (TPSA) is 67.6 Å². The lowest BCUT2D eigenvalue weighted by molar-refractivity contribution is -0.384. The van der Waals surface area contributed by atoms with E-state index in [2.05, 4.69) is 26.1 Å². The zero-order chi connectivity index (χ0) is 16.9. The van der Waals surface area contributed by atoms with Gasteiger partial charge < -0.3 is 10.1 Å². The highest BCUT2D eigenvalue weighted by molar-refractivity contribution is 9.10. The lowest BCUT2D eigenvalue weighted by atomic mass is 9.83. The molecule has 2 atom stereocenters. The number of anilines is 1. The number of nitrogens with one attached hydrogen (secondary N) is 1. The summed E-state index contributed by atoms with van der Waals surface area (Å²) >= 11 is 3.40. The number of morpholine rings is 1. The van der Waals surface area contributed by atoms with Crippen LogP contribution in [0.3, 0.4) is 0 Å². The van der Waals surface area contributed by atoms with Crippen molar-refractivity contribution in [3.8, 4) is 0 Å². The number of ether oxygens (including phenoxy) is 1. The van der Waals surface area contributed by atoms with E-state index in [4.69, 9.17) is 4.74 Å². The van der Waals surface area contributed by atoms with Gasteiger partial charge >= 0.3 is 0 Å². The highest BCUT2D eigenvalue weighted by Crippen LogP contribution is 2.32. The average Bonchev–Trinajstić information content (AvgIpc) is 2.61. The number of nitro groups is 1. The number of nitro benzene ring substituents is 1. The molecule has 0 spiro atoms. The van der Waals surface area contributed by atoms with Crippen LogP contribution in [-0.2, 0) is 4.74 Å². The summed E-state index contributed by atoms with van der Waals surface area (Å²) in [5.74, 6) is 0.524. The average molecular weight is 398 g/mol. The lowest BCUT2D eigenvalue weighted by Gasteiger charge is -2.41. The Labute approximate surface area is 150 Å². The molecule has 2 fully saturated rings. The van der Waals surface area contributed by atoms with E-state index in [0.717, 1.165) is 37.3 Å². The van der Waals surface area contributed by atoms with Gasteiger partial charge in [-0.2, -0.15) is 0 Å². The Balaban J connectivity index is 1.67. The first-order valence-electron chi connectivity index (χ1n) is 8.65. The summed E-state index contributed by atoms with van der Waals surface area (Å²) in [7, 11) is 0. The predicted octanol–water partition coefficient (Wildman–Crippen LogP) is 3.66. The van der Waals surface area contributed by atoms with Gasteiger partial charge in [-0.3, -0.25) is 15.0 Å². The number of halogens is 1. The molecule has 0 amide bonds. The van der Waals surface area contributed by atoms with Crippen LogP contribution in [0.5, 0.6) is 0 Å². The molecule has 6 nitrogen and oxygen atoms in total. The molecule has 0 bridgehead atoms. The quantitative estimate of drug-likeness (QED) is 0.606. The molecule has 1 N–H and O–H groups in total. The van der Waals surface area contributed by atoms with Crippen LogP contribution in [0.15, 0.2) is 22.7 Å². The summed E-state index contributed by atoms with van der Waals surface area (Å²) in [6, 6.07) is 5.61. The Morgan fingerprint density at radius 3 is 2.79 bits per heavy atom. The summed E-state index contributed by atoms with van der Waals surface area (Å²) in [4.78, 5) is 13.4. The van der Waals surface area contributed by atoms with Gasteiger partial charge in [0, 0.05) is 36.2 Å². The normalized spacial score (nSPS) is 25.4. The summed E-state index contributed by atoms with van der Waals surface area (Å²) in [5.41, 5.74) is 0.734. The van der Waals surface area contributed by atoms with Gasteiger partial charge in [-0.15, -0.1) is 0 Å². The molecule has 2 aliphatic rings. The van der Waals surface area contributed by atoms with Crippen LogP contribution in [0.4, 0.5) is 11.4 Å². The second kappa shape index (κ2) is 8.27. The van der Waals surface area contributed by atoms with Crippen molar-refractivity contribution in [3.05, 3.63) is 32.8 Å². The van der Waals surface area contributed by atoms with Gasteiger partial charge in [0.1, 0.15) is 5.69 Å². The Bertz CT molecular complexity index is 578. The molecular weight excluding hydrogens is 374 g/mol. The third kappa shape index (κ3) is 4.26. The Morgan fingerprint density at radius 2 is 2.04 bits per heavy atom. The van der Waals surface area contributed by atoms with Crippen LogP contribution in [0.1, 0.15) is 25.7 Å². The molecule has 2 unspecified atom stereocenters. The molecule has 1 saturated carbocycles. The van der Waals surface area contributed by atoms with E-state index < -0.39 is 0 Å². The molecule has 1 aromatic carbocycles. The van der Waals surface area contributed by atoms with Gasteiger partial charge in [-0.25, -0.2) is 0 Å². The largest absolute Gasteiger partial charge is 0.379 e. The molecule has 1 aliphatic heterocycles. The molecule has 0 aromatic heterocycles. The number of rotatable bonds is 5. The number of benzene rings is 1. The molecule has 24 heavy (non-hydrogen) atoms. The second-order valence-electron chi connectivity index (χ2n) is 6.56. The molecule has 132 valence electrons. The number of nitrogens with zero attached hydrogens (tertiary/aromatic N) is 2. The van der Waals surface area contributed by atoms with Crippen molar-refractivity contribution in [3.63, 3.8) is 0 Å². The van der Waals surface area contributed by atoms with Crippen molar-refractivity contribution in [1.82, 2.24) is 4.90 Å². The molecule has 0 radical (unpaired) electrons. The molecule has 1 heterocycles. The summed E-state index contributed by atoms with van der Waals surface area (Å²) in [5, 5.41) is 14.6. The van der Waals surface area contributed by atoms with Crippen LogP contribution in [-0.4, -0.2) is 48.7 Å². The molecule has 7 heteroatoms. The Kier molecular flexibility index (Phi) is 6.08. The van der Waals surface area contributed by atoms with Crippen LogP contribution >= 0.6 is 15.9 Å². The van der Waals surface area contributed by atoms with Crippen molar-refractivity contribution in [2.75, 3.05) is 38.2 Å². The monoisotopic (exact) mass is 397 g/mol. The van der Waals surface area contributed by atoms with Gasteiger partial charge in [-0.1, -0.05) is 28.8 Å². The van der Waals surface area contributed by atoms with Crippen molar-refractivity contribution in [2.24, 2.45) is 5.92 Å². The molecule has 1 saturated heterocycles. The first kappa shape index (κ1) is 17.6. The highest BCUT2D eigenvalue weighted by atomic mass is 79.9. The Hall–Kier alpha value is -1.18. The third-order valence-corrected chi connectivity index (χ3v) is 5.59. The first-order valence-corrected chi connectivity index (χ1v) is 9.44. The fraction of sp³-hybridized carbons (Fsp3) is 0.647. The Morgan fingerprint density at radius 1 is 1.29 bits per heavy atom. The second-order valence-corrected chi connectivity index (χ2v) is 7.48. The van der Waals surface area contributed by atoms with E-state index in [1.165, 1.54) is 25.7 Å². The molecule has 3 rings (SSSR count). The van der Waals surface area contributed by atoms with Gasteiger partial charge in [0.05, 0.1) is 18.1 Å².